The molecule has 1 unspecified atom stereocenters. The number of carbonyl (C=O) groups is 1. The fourth-order valence-corrected chi connectivity index (χ4v) is 2.78. The van der Waals surface area contributed by atoms with Crippen molar-refractivity contribution in [1.82, 2.24) is 9.97 Å². The Hall–Kier alpha value is -1.65. The minimum absolute atomic E-state index is 0.193. The van der Waals surface area contributed by atoms with Gasteiger partial charge >= 0.3 is 5.97 Å². The van der Waals surface area contributed by atoms with E-state index in [1.54, 1.807) is 0 Å². The molecule has 1 aliphatic rings. The number of aromatic nitrogens is 2. The normalized spacial score (nSPS) is 17.9. The lowest BCUT2D eigenvalue weighted by Crippen LogP contribution is -2.38. The quantitative estimate of drug-likeness (QED) is 0.865. The highest BCUT2D eigenvalue weighted by Crippen LogP contribution is 2.28. The summed E-state index contributed by atoms with van der Waals surface area (Å²) < 4.78 is 0. The molecule has 2 rings (SSSR count). The van der Waals surface area contributed by atoms with Gasteiger partial charge in [0.05, 0.1) is 0 Å². The van der Waals surface area contributed by atoms with Crippen molar-refractivity contribution >= 4 is 11.8 Å². The molecule has 20 heavy (non-hydrogen) atoms. The smallest absolute Gasteiger partial charge is 0.326 e. The van der Waals surface area contributed by atoms with Crippen LogP contribution in [0.2, 0.25) is 0 Å². The maximum absolute atomic E-state index is 11.5. The number of rotatable bonds is 5. The molecule has 1 heterocycles. The van der Waals surface area contributed by atoms with Gasteiger partial charge in [0, 0.05) is 11.8 Å². The first-order valence-electron chi connectivity index (χ1n) is 7.39. The van der Waals surface area contributed by atoms with Gasteiger partial charge in [0.2, 0.25) is 0 Å². The van der Waals surface area contributed by atoms with Crippen LogP contribution >= 0.6 is 0 Å². The van der Waals surface area contributed by atoms with Gasteiger partial charge in [0.15, 0.2) is 0 Å². The summed E-state index contributed by atoms with van der Waals surface area (Å²) in [7, 11) is 0. The summed E-state index contributed by atoms with van der Waals surface area (Å²) in [5.74, 6) is 0.318. The lowest BCUT2D eigenvalue weighted by Gasteiger charge is -2.28. The van der Waals surface area contributed by atoms with Crippen LogP contribution in [0.15, 0.2) is 12.4 Å². The first kappa shape index (κ1) is 14.8. The van der Waals surface area contributed by atoms with Crippen LogP contribution in [0.5, 0.6) is 0 Å². The van der Waals surface area contributed by atoms with Gasteiger partial charge in [0.1, 0.15) is 18.2 Å². The average molecular weight is 277 g/mol. The van der Waals surface area contributed by atoms with Gasteiger partial charge < -0.3 is 10.4 Å². The highest BCUT2D eigenvalue weighted by molar-refractivity contribution is 5.77. The Morgan fingerprint density at radius 1 is 1.30 bits per heavy atom. The molecule has 0 bridgehead atoms. The van der Waals surface area contributed by atoms with Crippen molar-refractivity contribution in [3.63, 3.8) is 0 Å². The number of carboxylic acids is 1. The number of aliphatic carboxylic acids is 1. The maximum Gasteiger partial charge on any atom is 0.326 e. The lowest BCUT2D eigenvalue weighted by atomic mass is 9.84. The number of anilines is 1. The van der Waals surface area contributed by atoms with Crippen LogP contribution < -0.4 is 5.32 Å². The summed E-state index contributed by atoms with van der Waals surface area (Å²) in [6.45, 7) is 4.11. The van der Waals surface area contributed by atoms with Crippen LogP contribution in [-0.2, 0) is 4.79 Å². The molecule has 1 aromatic rings. The van der Waals surface area contributed by atoms with Crippen molar-refractivity contribution in [2.24, 2.45) is 5.92 Å². The van der Waals surface area contributed by atoms with E-state index < -0.39 is 12.0 Å². The van der Waals surface area contributed by atoms with Crippen LogP contribution in [0, 0.1) is 5.92 Å². The standard InChI is InChI=1S/C15H23N3O2/c1-10(2)12-8-13(17-9-16-12)18-14(15(19)20)11-6-4-3-5-7-11/h8-11,14H,3-7H2,1-2H3,(H,19,20)(H,16,17,18). The largest absolute Gasteiger partial charge is 0.480 e. The van der Waals surface area contributed by atoms with E-state index in [4.69, 9.17) is 0 Å². The number of nitrogens with zero attached hydrogens (tertiary/aromatic N) is 2. The molecule has 5 heteroatoms. The molecule has 1 atom stereocenters. The average Bonchev–Trinajstić information content (AvgIpc) is 2.45. The topological polar surface area (TPSA) is 75.1 Å². The number of nitrogens with one attached hydrogen (secondary N) is 1. The molecule has 1 aromatic heterocycles. The van der Waals surface area contributed by atoms with Gasteiger partial charge in [-0.3, -0.25) is 0 Å². The molecule has 1 saturated carbocycles. The summed E-state index contributed by atoms with van der Waals surface area (Å²) in [5.41, 5.74) is 0.926. The van der Waals surface area contributed by atoms with E-state index in [0.29, 0.717) is 11.7 Å². The maximum atomic E-state index is 11.5. The lowest BCUT2D eigenvalue weighted by molar-refractivity contribution is -0.139. The second kappa shape index (κ2) is 6.68. The second-order valence-electron chi connectivity index (χ2n) is 5.84. The van der Waals surface area contributed by atoms with Gasteiger partial charge in [-0.2, -0.15) is 0 Å². The van der Waals surface area contributed by atoms with Crippen LogP contribution in [0.1, 0.15) is 57.6 Å². The van der Waals surface area contributed by atoms with Gasteiger partial charge in [-0.15, -0.1) is 0 Å². The minimum Gasteiger partial charge on any atom is -0.480 e. The molecule has 2 N–H and O–H groups in total. The zero-order valence-corrected chi connectivity index (χ0v) is 12.2. The highest BCUT2D eigenvalue weighted by atomic mass is 16.4. The first-order valence-corrected chi connectivity index (χ1v) is 7.39. The van der Waals surface area contributed by atoms with E-state index in [1.165, 1.54) is 12.7 Å². The van der Waals surface area contributed by atoms with Gasteiger partial charge in [-0.1, -0.05) is 33.1 Å². The molecule has 0 saturated heterocycles. The monoisotopic (exact) mass is 277 g/mol. The van der Waals surface area contributed by atoms with E-state index in [0.717, 1.165) is 31.4 Å². The summed E-state index contributed by atoms with van der Waals surface area (Å²) >= 11 is 0. The Balaban J connectivity index is 2.11. The van der Waals surface area contributed by atoms with Crippen molar-refractivity contribution in [3.8, 4) is 0 Å². The summed E-state index contributed by atoms with van der Waals surface area (Å²) in [6.07, 6.45) is 6.91. The van der Waals surface area contributed by atoms with Gasteiger partial charge in [0.25, 0.3) is 0 Å². The van der Waals surface area contributed by atoms with Crippen molar-refractivity contribution in [3.05, 3.63) is 18.1 Å². The first-order chi connectivity index (χ1) is 9.58. The predicted molar refractivity (Wildman–Crippen MR) is 77.7 cm³/mol. The van der Waals surface area contributed by atoms with Crippen molar-refractivity contribution in [2.75, 3.05) is 5.32 Å². The Labute approximate surface area is 119 Å². The van der Waals surface area contributed by atoms with Crippen molar-refractivity contribution in [1.29, 1.82) is 0 Å². The third-order valence-electron chi connectivity index (χ3n) is 3.97. The third-order valence-corrected chi connectivity index (χ3v) is 3.97. The molecular formula is C15H23N3O2. The molecular weight excluding hydrogens is 254 g/mol. The summed E-state index contributed by atoms with van der Waals surface area (Å²) in [6, 6.07) is 1.30. The number of carboxylic acid groups (broad SMARTS) is 1. The fourth-order valence-electron chi connectivity index (χ4n) is 2.78. The Bertz CT molecular complexity index is 456. The van der Waals surface area contributed by atoms with Crippen molar-refractivity contribution < 1.29 is 9.90 Å². The van der Waals surface area contributed by atoms with Crippen LogP contribution in [-0.4, -0.2) is 27.1 Å². The Morgan fingerprint density at radius 2 is 2.00 bits per heavy atom. The third kappa shape index (κ3) is 3.68. The second-order valence-corrected chi connectivity index (χ2v) is 5.84. The summed E-state index contributed by atoms with van der Waals surface area (Å²) in [4.78, 5) is 19.9. The molecule has 5 nitrogen and oxygen atoms in total. The molecule has 0 aliphatic heterocycles. The van der Waals surface area contributed by atoms with Crippen molar-refractivity contribution in [2.45, 2.75) is 57.9 Å². The van der Waals surface area contributed by atoms with Gasteiger partial charge in [-0.05, 0) is 24.7 Å². The minimum atomic E-state index is -0.790. The molecule has 0 aromatic carbocycles. The van der Waals surface area contributed by atoms with E-state index in [1.807, 2.05) is 6.07 Å². The fraction of sp³-hybridized carbons (Fsp3) is 0.667. The Kier molecular flexibility index (Phi) is 4.93. The molecule has 0 spiro atoms. The number of hydrogen-bond acceptors (Lipinski definition) is 4. The van der Waals surface area contributed by atoms with E-state index in [2.05, 4.69) is 29.1 Å². The SMILES string of the molecule is CC(C)c1cc(NC(C(=O)O)C2CCCCC2)ncn1. The highest BCUT2D eigenvalue weighted by Gasteiger charge is 2.29. The molecule has 110 valence electrons. The van der Waals surface area contributed by atoms with Gasteiger partial charge in [-0.25, -0.2) is 14.8 Å². The van der Waals surface area contributed by atoms with Crippen LogP contribution in [0.4, 0.5) is 5.82 Å². The molecule has 0 radical (unpaired) electrons. The zero-order valence-electron chi connectivity index (χ0n) is 12.2. The van der Waals surface area contributed by atoms with Crippen LogP contribution in [0.3, 0.4) is 0 Å². The molecule has 1 aliphatic carbocycles. The molecule has 1 fully saturated rings. The van der Waals surface area contributed by atoms with E-state index in [9.17, 15) is 9.90 Å². The Morgan fingerprint density at radius 3 is 2.60 bits per heavy atom. The molecule has 0 amide bonds. The van der Waals surface area contributed by atoms with E-state index >= 15 is 0 Å². The van der Waals surface area contributed by atoms with Crippen LogP contribution in [0.25, 0.3) is 0 Å². The van der Waals surface area contributed by atoms with E-state index in [-0.39, 0.29) is 5.92 Å². The number of hydrogen-bond donors (Lipinski definition) is 2. The zero-order chi connectivity index (χ0) is 14.5. The summed E-state index contributed by atoms with van der Waals surface area (Å²) in [5, 5.41) is 12.6. The predicted octanol–water partition coefficient (Wildman–Crippen LogP) is 3.05.